The fourth-order valence-corrected chi connectivity index (χ4v) is 1.34. The minimum absolute atomic E-state index is 0.965. The third kappa shape index (κ3) is 2.43. The molecule has 0 fully saturated rings. The molecule has 0 bridgehead atoms. The van der Waals surface area contributed by atoms with Crippen LogP contribution >= 0.6 is 0 Å². The van der Waals surface area contributed by atoms with E-state index in [2.05, 4.69) is 35.7 Å². The van der Waals surface area contributed by atoms with Crippen LogP contribution in [-0.2, 0) is 6.42 Å². The molecule has 0 amide bonds. The van der Waals surface area contributed by atoms with E-state index >= 15 is 0 Å². The van der Waals surface area contributed by atoms with Gasteiger partial charge in [0.1, 0.15) is 0 Å². The van der Waals surface area contributed by atoms with E-state index in [1.165, 1.54) is 11.1 Å². The summed E-state index contributed by atoms with van der Waals surface area (Å²) >= 11 is 0. The molecule has 0 saturated carbocycles. The molecule has 2 aromatic rings. The molecule has 1 nitrogen and oxygen atoms in total. The van der Waals surface area contributed by atoms with Crippen LogP contribution in [0.15, 0.2) is 54.9 Å². The van der Waals surface area contributed by atoms with E-state index < -0.39 is 0 Å². The number of nitrogens with zero attached hydrogens (tertiary/aromatic N) is 1. The van der Waals surface area contributed by atoms with Crippen molar-refractivity contribution in [2.45, 2.75) is 6.42 Å². The van der Waals surface area contributed by atoms with Crippen molar-refractivity contribution in [3.05, 3.63) is 72.4 Å². The van der Waals surface area contributed by atoms with Crippen molar-refractivity contribution in [1.82, 2.24) is 4.98 Å². The second kappa shape index (κ2) is 4.56. The van der Waals surface area contributed by atoms with Gasteiger partial charge < -0.3 is 0 Å². The molecule has 1 aromatic carbocycles. The summed E-state index contributed by atoms with van der Waals surface area (Å²) in [6.07, 6.45) is 6.84. The van der Waals surface area contributed by atoms with Gasteiger partial charge in [-0.15, -0.1) is 0 Å². The van der Waals surface area contributed by atoms with E-state index in [1.54, 1.807) is 0 Å². The SMILES string of the molecule is [CH](Cc1ccncc1)c1ccccc1. The quantitative estimate of drug-likeness (QED) is 0.711. The van der Waals surface area contributed by atoms with E-state index in [0.717, 1.165) is 6.42 Å². The molecule has 0 aliphatic carbocycles. The fourth-order valence-electron chi connectivity index (χ4n) is 1.34. The summed E-state index contributed by atoms with van der Waals surface area (Å²) in [7, 11) is 0. The lowest BCUT2D eigenvalue weighted by atomic mass is 10.1. The highest BCUT2D eigenvalue weighted by Gasteiger charge is 1.94. The van der Waals surface area contributed by atoms with Crippen molar-refractivity contribution in [2.24, 2.45) is 0 Å². The van der Waals surface area contributed by atoms with Crippen molar-refractivity contribution in [3.63, 3.8) is 0 Å². The van der Waals surface area contributed by atoms with Crippen LogP contribution in [0.2, 0.25) is 0 Å². The smallest absolute Gasteiger partial charge is 0.0270 e. The molecular formula is C13H12N. The predicted octanol–water partition coefficient (Wildman–Crippen LogP) is 2.88. The zero-order valence-corrected chi connectivity index (χ0v) is 7.93. The summed E-state index contributed by atoms with van der Waals surface area (Å²) in [4.78, 5) is 3.99. The molecule has 0 spiro atoms. The zero-order valence-electron chi connectivity index (χ0n) is 7.93. The van der Waals surface area contributed by atoms with E-state index in [1.807, 2.05) is 30.6 Å². The summed E-state index contributed by atoms with van der Waals surface area (Å²) < 4.78 is 0. The fraction of sp³-hybridized carbons (Fsp3) is 0.0769. The van der Waals surface area contributed by atoms with Gasteiger partial charge in [0.05, 0.1) is 0 Å². The molecule has 69 valence electrons. The summed E-state index contributed by atoms with van der Waals surface area (Å²) in [6.45, 7) is 0. The van der Waals surface area contributed by atoms with Crippen LogP contribution in [0, 0.1) is 6.42 Å². The Morgan fingerprint density at radius 2 is 1.64 bits per heavy atom. The van der Waals surface area contributed by atoms with Crippen molar-refractivity contribution in [2.75, 3.05) is 0 Å². The molecule has 0 atom stereocenters. The van der Waals surface area contributed by atoms with Gasteiger partial charge in [-0.25, -0.2) is 0 Å². The Morgan fingerprint density at radius 3 is 2.36 bits per heavy atom. The summed E-state index contributed by atoms with van der Waals surface area (Å²) in [5.41, 5.74) is 2.56. The first-order valence-electron chi connectivity index (χ1n) is 4.72. The van der Waals surface area contributed by atoms with Gasteiger partial charge in [-0.05, 0) is 36.1 Å². The zero-order chi connectivity index (χ0) is 9.64. The Bertz CT molecular complexity index is 327. The van der Waals surface area contributed by atoms with Crippen LogP contribution in [0.4, 0.5) is 0 Å². The average Bonchev–Trinajstić information content (AvgIpc) is 2.29. The van der Waals surface area contributed by atoms with E-state index in [4.69, 9.17) is 0 Å². The lowest BCUT2D eigenvalue weighted by molar-refractivity contribution is 1.14. The summed E-state index contributed by atoms with van der Waals surface area (Å²) in [6, 6.07) is 14.4. The Balaban J connectivity index is 1.96. The number of pyridine rings is 1. The highest BCUT2D eigenvalue weighted by Crippen LogP contribution is 2.07. The third-order valence-electron chi connectivity index (χ3n) is 2.12. The maximum Gasteiger partial charge on any atom is 0.0270 e. The molecule has 14 heavy (non-hydrogen) atoms. The van der Waals surface area contributed by atoms with Crippen LogP contribution in [0.1, 0.15) is 11.1 Å². The summed E-state index contributed by atoms with van der Waals surface area (Å²) in [5, 5.41) is 0. The van der Waals surface area contributed by atoms with Crippen molar-refractivity contribution < 1.29 is 0 Å². The Hall–Kier alpha value is -1.63. The molecule has 0 aliphatic heterocycles. The molecule has 0 saturated heterocycles. The molecule has 1 heterocycles. The average molecular weight is 182 g/mol. The van der Waals surface area contributed by atoms with Crippen molar-refractivity contribution >= 4 is 0 Å². The van der Waals surface area contributed by atoms with Crippen LogP contribution in [0.3, 0.4) is 0 Å². The van der Waals surface area contributed by atoms with Crippen LogP contribution in [-0.4, -0.2) is 4.98 Å². The minimum Gasteiger partial charge on any atom is -0.265 e. The maximum absolute atomic E-state index is 3.99. The molecular weight excluding hydrogens is 170 g/mol. The van der Waals surface area contributed by atoms with E-state index in [-0.39, 0.29) is 0 Å². The lowest BCUT2D eigenvalue weighted by Gasteiger charge is -2.00. The standard InChI is InChI=1S/C13H12N/c1-2-4-12(5-3-1)6-7-13-8-10-14-11-9-13/h1-6,8-11H,7H2. The first-order chi connectivity index (χ1) is 6.95. The van der Waals surface area contributed by atoms with Gasteiger partial charge in [0.2, 0.25) is 0 Å². The summed E-state index contributed by atoms with van der Waals surface area (Å²) in [5.74, 6) is 0. The highest BCUT2D eigenvalue weighted by atomic mass is 14.6. The van der Waals surface area contributed by atoms with Crippen molar-refractivity contribution in [3.8, 4) is 0 Å². The number of hydrogen-bond donors (Lipinski definition) is 0. The van der Waals surface area contributed by atoms with Gasteiger partial charge in [-0.1, -0.05) is 30.3 Å². The number of hydrogen-bond acceptors (Lipinski definition) is 1. The Morgan fingerprint density at radius 1 is 0.929 bits per heavy atom. The predicted molar refractivity (Wildman–Crippen MR) is 57.8 cm³/mol. The Labute approximate surface area is 84.4 Å². The van der Waals surface area contributed by atoms with Crippen LogP contribution in [0.5, 0.6) is 0 Å². The molecule has 1 heteroatoms. The highest BCUT2D eigenvalue weighted by molar-refractivity contribution is 5.25. The topological polar surface area (TPSA) is 12.9 Å². The Kier molecular flexibility index (Phi) is 2.92. The molecule has 2 rings (SSSR count). The van der Waals surface area contributed by atoms with Gasteiger partial charge in [-0.2, -0.15) is 0 Å². The van der Waals surface area contributed by atoms with Gasteiger partial charge in [0.15, 0.2) is 0 Å². The molecule has 0 aliphatic rings. The van der Waals surface area contributed by atoms with Crippen LogP contribution < -0.4 is 0 Å². The first kappa shape index (κ1) is 8.95. The second-order valence-corrected chi connectivity index (χ2v) is 3.17. The van der Waals surface area contributed by atoms with Crippen molar-refractivity contribution in [1.29, 1.82) is 0 Å². The molecule has 1 radical (unpaired) electrons. The van der Waals surface area contributed by atoms with Crippen LogP contribution in [0.25, 0.3) is 0 Å². The van der Waals surface area contributed by atoms with Gasteiger partial charge in [0, 0.05) is 12.4 Å². The minimum atomic E-state index is 0.965. The largest absolute Gasteiger partial charge is 0.265 e. The van der Waals surface area contributed by atoms with Gasteiger partial charge >= 0.3 is 0 Å². The van der Waals surface area contributed by atoms with E-state index in [0.29, 0.717) is 0 Å². The normalized spacial score (nSPS) is 10.0. The third-order valence-corrected chi connectivity index (χ3v) is 2.12. The number of benzene rings is 1. The molecule has 0 unspecified atom stereocenters. The maximum atomic E-state index is 3.99. The first-order valence-corrected chi connectivity index (χ1v) is 4.72. The number of rotatable bonds is 3. The molecule has 1 aromatic heterocycles. The van der Waals surface area contributed by atoms with Gasteiger partial charge in [0.25, 0.3) is 0 Å². The monoisotopic (exact) mass is 182 g/mol. The lowest BCUT2D eigenvalue weighted by Crippen LogP contribution is -1.87. The van der Waals surface area contributed by atoms with Gasteiger partial charge in [-0.3, -0.25) is 4.98 Å². The van der Waals surface area contributed by atoms with E-state index in [9.17, 15) is 0 Å². The second-order valence-electron chi connectivity index (χ2n) is 3.17. The molecule has 0 N–H and O–H groups in total. The number of aromatic nitrogens is 1.